The van der Waals surface area contributed by atoms with Crippen LogP contribution in [0.5, 0.6) is 5.75 Å². The lowest BCUT2D eigenvalue weighted by atomic mass is 10.0. The maximum atomic E-state index is 12.4. The van der Waals surface area contributed by atoms with E-state index in [1.807, 2.05) is 25.1 Å². The molecule has 5 heteroatoms. The highest BCUT2D eigenvalue weighted by Crippen LogP contribution is 2.24. The number of hydrogen-bond acceptors (Lipinski definition) is 3. The van der Waals surface area contributed by atoms with Crippen LogP contribution >= 0.6 is 11.6 Å². The van der Waals surface area contributed by atoms with Gasteiger partial charge in [-0.2, -0.15) is 5.26 Å². The molecule has 0 bridgehead atoms. The first-order valence-corrected chi connectivity index (χ1v) is 7.67. The lowest BCUT2D eigenvalue weighted by molar-refractivity contribution is -0.112. The summed E-state index contributed by atoms with van der Waals surface area (Å²) in [7, 11) is 1.59. The molecule has 2 aromatic rings. The van der Waals surface area contributed by atoms with Gasteiger partial charge in [-0.15, -0.1) is 0 Å². The molecular formula is C19H17ClN2O2. The first-order valence-electron chi connectivity index (χ1n) is 7.29. The lowest BCUT2D eigenvalue weighted by Crippen LogP contribution is -2.14. The normalized spacial score (nSPS) is 10.9. The Labute approximate surface area is 146 Å². The number of carbonyl (C=O) groups excluding carboxylic acids is 1. The predicted octanol–water partition coefficient (Wildman–Crippen LogP) is 4.51. The van der Waals surface area contributed by atoms with Crippen molar-refractivity contribution in [3.63, 3.8) is 0 Å². The zero-order valence-electron chi connectivity index (χ0n) is 13.7. The SMILES string of the molecule is COc1ccc(/C=C(\C#N)C(=O)Nc2cccc(Cl)c2C)c(C)c1. The van der Waals surface area contributed by atoms with Gasteiger partial charge < -0.3 is 10.1 Å². The lowest BCUT2D eigenvalue weighted by Gasteiger charge is -2.09. The maximum Gasteiger partial charge on any atom is 0.266 e. The molecule has 2 aromatic carbocycles. The standard InChI is InChI=1S/C19H17ClN2O2/c1-12-9-16(24-3)8-7-14(12)10-15(11-21)19(23)22-18-6-4-5-17(20)13(18)2/h4-10H,1-3H3,(H,22,23)/b15-10+. The van der Waals surface area contributed by atoms with Crippen LogP contribution in [0.4, 0.5) is 5.69 Å². The molecule has 0 heterocycles. The number of amides is 1. The highest BCUT2D eigenvalue weighted by Gasteiger charge is 2.12. The third kappa shape index (κ3) is 3.95. The summed E-state index contributed by atoms with van der Waals surface area (Å²) in [6, 6.07) is 12.6. The Balaban J connectivity index is 2.29. The summed E-state index contributed by atoms with van der Waals surface area (Å²) in [5, 5.41) is 12.6. The number of rotatable bonds is 4. The van der Waals surface area contributed by atoms with E-state index in [-0.39, 0.29) is 5.57 Å². The quantitative estimate of drug-likeness (QED) is 0.658. The second-order valence-electron chi connectivity index (χ2n) is 5.26. The second kappa shape index (κ2) is 7.67. The van der Waals surface area contributed by atoms with E-state index in [9.17, 15) is 10.1 Å². The van der Waals surface area contributed by atoms with Crippen molar-refractivity contribution >= 4 is 29.3 Å². The van der Waals surface area contributed by atoms with Gasteiger partial charge in [0.05, 0.1) is 7.11 Å². The summed E-state index contributed by atoms with van der Waals surface area (Å²) in [6.07, 6.45) is 1.56. The topological polar surface area (TPSA) is 62.1 Å². The van der Waals surface area contributed by atoms with Crippen molar-refractivity contribution in [3.05, 3.63) is 63.7 Å². The smallest absolute Gasteiger partial charge is 0.266 e. The van der Waals surface area contributed by atoms with Crippen molar-refractivity contribution in [2.45, 2.75) is 13.8 Å². The van der Waals surface area contributed by atoms with Gasteiger partial charge in [-0.25, -0.2) is 0 Å². The number of nitriles is 1. The van der Waals surface area contributed by atoms with Gasteiger partial charge in [0.15, 0.2) is 0 Å². The van der Waals surface area contributed by atoms with Gasteiger partial charge in [-0.1, -0.05) is 23.7 Å². The van der Waals surface area contributed by atoms with E-state index < -0.39 is 5.91 Å². The number of carbonyl (C=O) groups is 1. The Morgan fingerprint density at radius 3 is 2.67 bits per heavy atom. The van der Waals surface area contributed by atoms with Crippen LogP contribution in [0.15, 0.2) is 42.0 Å². The summed E-state index contributed by atoms with van der Waals surface area (Å²) >= 11 is 6.05. The van der Waals surface area contributed by atoms with Crippen molar-refractivity contribution in [2.75, 3.05) is 12.4 Å². The molecule has 0 fully saturated rings. The predicted molar refractivity (Wildman–Crippen MR) is 96.1 cm³/mol. The fourth-order valence-electron chi connectivity index (χ4n) is 2.17. The summed E-state index contributed by atoms with van der Waals surface area (Å²) in [4.78, 5) is 12.4. The number of benzene rings is 2. The number of hydrogen-bond donors (Lipinski definition) is 1. The molecule has 122 valence electrons. The first-order chi connectivity index (χ1) is 11.5. The van der Waals surface area contributed by atoms with Crippen molar-refractivity contribution < 1.29 is 9.53 Å². The summed E-state index contributed by atoms with van der Waals surface area (Å²) < 4.78 is 5.15. The number of aryl methyl sites for hydroxylation is 1. The molecule has 0 aliphatic carbocycles. The molecule has 2 rings (SSSR count). The van der Waals surface area contributed by atoms with Crippen LogP contribution in [0, 0.1) is 25.2 Å². The Hall–Kier alpha value is -2.77. The molecule has 0 aliphatic rings. The first kappa shape index (κ1) is 17.6. The van der Waals surface area contributed by atoms with E-state index in [0.717, 1.165) is 22.4 Å². The fraction of sp³-hybridized carbons (Fsp3) is 0.158. The highest BCUT2D eigenvalue weighted by atomic mass is 35.5. The molecule has 1 N–H and O–H groups in total. The molecule has 1 amide bonds. The summed E-state index contributed by atoms with van der Waals surface area (Å²) in [6.45, 7) is 3.70. The number of ether oxygens (including phenoxy) is 1. The van der Waals surface area contributed by atoms with E-state index in [2.05, 4.69) is 5.32 Å². The van der Waals surface area contributed by atoms with Gasteiger partial charge in [-0.05, 0) is 60.9 Å². The summed E-state index contributed by atoms with van der Waals surface area (Å²) in [5.74, 6) is 0.250. The van der Waals surface area contributed by atoms with Gasteiger partial charge in [0.25, 0.3) is 5.91 Å². The number of nitrogens with zero attached hydrogens (tertiary/aromatic N) is 1. The van der Waals surface area contributed by atoms with Crippen LogP contribution in [0.1, 0.15) is 16.7 Å². The molecule has 0 saturated carbocycles. The minimum absolute atomic E-state index is 0.0163. The zero-order chi connectivity index (χ0) is 17.7. The van der Waals surface area contributed by atoms with Gasteiger partial charge in [0.1, 0.15) is 17.4 Å². The average molecular weight is 341 g/mol. The molecule has 0 aromatic heterocycles. The van der Waals surface area contributed by atoms with E-state index >= 15 is 0 Å². The molecule has 0 radical (unpaired) electrons. The molecule has 0 atom stereocenters. The van der Waals surface area contributed by atoms with Crippen LogP contribution in [0.25, 0.3) is 6.08 Å². The molecule has 0 saturated heterocycles. The number of halogens is 1. The minimum Gasteiger partial charge on any atom is -0.497 e. The minimum atomic E-state index is -0.474. The van der Waals surface area contributed by atoms with Crippen molar-refractivity contribution in [1.82, 2.24) is 0 Å². The third-order valence-corrected chi connectivity index (χ3v) is 4.07. The van der Waals surface area contributed by atoms with Gasteiger partial charge >= 0.3 is 0 Å². The molecule has 24 heavy (non-hydrogen) atoms. The zero-order valence-corrected chi connectivity index (χ0v) is 14.4. The van der Waals surface area contributed by atoms with Crippen molar-refractivity contribution in [2.24, 2.45) is 0 Å². The molecule has 0 aliphatic heterocycles. The molecule has 4 nitrogen and oxygen atoms in total. The van der Waals surface area contributed by atoms with Crippen LogP contribution in [-0.4, -0.2) is 13.0 Å². The second-order valence-corrected chi connectivity index (χ2v) is 5.67. The van der Waals surface area contributed by atoms with Gasteiger partial charge in [-0.3, -0.25) is 4.79 Å². The third-order valence-electron chi connectivity index (χ3n) is 3.66. The molecule has 0 spiro atoms. The van der Waals surface area contributed by atoms with Crippen LogP contribution in [-0.2, 0) is 4.79 Å². The number of methoxy groups -OCH3 is 1. The van der Waals surface area contributed by atoms with Crippen LogP contribution in [0.2, 0.25) is 5.02 Å². The maximum absolute atomic E-state index is 12.4. The Kier molecular flexibility index (Phi) is 5.62. The van der Waals surface area contributed by atoms with Crippen molar-refractivity contribution in [1.29, 1.82) is 5.26 Å². The number of nitrogens with one attached hydrogen (secondary N) is 1. The monoisotopic (exact) mass is 340 g/mol. The van der Waals surface area contributed by atoms with Crippen LogP contribution < -0.4 is 10.1 Å². The van der Waals surface area contributed by atoms with E-state index in [1.54, 1.807) is 44.4 Å². The Bertz CT molecular complexity index is 851. The van der Waals surface area contributed by atoms with E-state index in [1.165, 1.54) is 0 Å². The average Bonchev–Trinajstić information content (AvgIpc) is 2.57. The fourth-order valence-corrected chi connectivity index (χ4v) is 2.35. The van der Waals surface area contributed by atoms with E-state index in [0.29, 0.717) is 10.7 Å². The molecular weight excluding hydrogens is 324 g/mol. The Morgan fingerprint density at radius 2 is 2.04 bits per heavy atom. The largest absolute Gasteiger partial charge is 0.497 e. The summed E-state index contributed by atoms with van der Waals surface area (Å²) in [5.41, 5.74) is 3.05. The van der Waals surface area contributed by atoms with E-state index in [4.69, 9.17) is 16.3 Å². The number of anilines is 1. The highest BCUT2D eigenvalue weighted by molar-refractivity contribution is 6.31. The molecule has 0 unspecified atom stereocenters. The van der Waals surface area contributed by atoms with Crippen molar-refractivity contribution in [3.8, 4) is 11.8 Å². The Morgan fingerprint density at radius 1 is 1.29 bits per heavy atom. The van der Waals surface area contributed by atoms with Gasteiger partial charge in [0.2, 0.25) is 0 Å². The van der Waals surface area contributed by atoms with Crippen LogP contribution in [0.3, 0.4) is 0 Å². The van der Waals surface area contributed by atoms with Gasteiger partial charge in [0, 0.05) is 10.7 Å².